The molecule has 36 heavy (non-hydrogen) atoms. The van der Waals surface area contributed by atoms with Crippen LogP contribution in [-0.4, -0.2) is 61.2 Å². The first-order chi connectivity index (χ1) is 15.4. The van der Waals surface area contributed by atoms with Crippen molar-refractivity contribution in [3.63, 3.8) is 0 Å². The Kier molecular flexibility index (Phi) is 10.4. The number of hydrogen-bond donors (Lipinski definition) is 2. The predicted octanol–water partition coefficient (Wildman–Crippen LogP) is 7.60. The van der Waals surface area contributed by atoms with Crippen molar-refractivity contribution in [3.8, 4) is 0 Å². The summed E-state index contributed by atoms with van der Waals surface area (Å²) in [5.74, 6) is 0. The molecule has 0 spiro atoms. The number of phosphoric ester groups is 1. The molecule has 2 aromatic carbocycles. The van der Waals surface area contributed by atoms with Gasteiger partial charge in [-0.15, -0.1) is 0 Å². The Bertz CT molecular complexity index is 1040. The van der Waals surface area contributed by atoms with Crippen LogP contribution in [0.15, 0.2) is 36.4 Å². The summed E-state index contributed by atoms with van der Waals surface area (Å²) in [6.07, 6.45) is 0. The minimum absolute atomic E-state index is 0. The number of rotatable bonds is 4. The van der Waals surface area contributed by atoms with E-state index in [1.807, 2.05) is 12.1 Å². The third-order valence-corrected chi connectivity index (χ3v) is 7.32. The molecule has 0 unspecified atom stereocenters. The summed E-state index contributed by atoms with van der Waals surface area (Å²) in [7, 11) is -4.85. The van der Waals surface area contributed by atoms with Crippen molar-refractivity contribution >= 4 is 59.2 Å². The van der Waals surface area contributed by atoms with Gasteiger partial charge < -0.3 is 9.79 Å². The number of benzene rings is 2. The summed E-state index contributed by atoms with van der Waals surface area (Å²) in [4.78, 5) is 20.2. The van der Waals surface area contributed by atoms with Crippen LogP contribution in [0.2, 0.25) is 0 Å². The van der Waals surface area contributed by atoms with Gasteiger partial charge in [0.25, 0.3) is 0 Å². The SMILES string of the molecule is CC(C)(C)c1ccc(C(C)(OP(=O)(O)O)c2ccc(C(C)(C)C)cc2C(C)(C)C)c(C(C)(C)C)c1.[KH]. The van der Waals surface area contributed by atoms with Crippen LogP contribution in [0.3, 0.4) is 0 Å². The van der Waals surface area contributed by atoms with Gasteiger partial charge in [-0.1, -0.05) is 119 Å². The predicted molar refractivity (Wildman–Crippen MR) is 154 cm³/mol. The first-order valence-electron chi connectivity index (χ1n) is 12.4. The molecule has 0 saturated carbocycles. The van der Waals surface area contributed by atoms with E-state index in [1.54, 1.807) is 6.92 Å². The molecule has 6 heteroatoms. The van der Waals surface area contributed by atoms with Gasteiger partial charge in [0, 0.05) is 0 Å². The molecule has 0 bridgehead atoms. The zero-order valence-electron chi connectivity index (χ0n) is 24.1. The molecule has 0 aliphatic rings. The van der Waals surface area contributed by atoms with Gasteiger partial charge in [-0.2, -0.15) is 0 Å². The van der Waals surface area contributed by atoms with Crippen molar-refractivity contribution in [2.24, 2.45) is 0 Å². The quantitative estimate of drug-likeness (QED) is 0.308. The molecule has 0 aromatic heterocycles. The van der Waals surface area contributed by atoms with Crippen molar-refractivity contribution in [3.05, 3.63) is 69.8 Å². The summed E-state index contributed by atoms with van der Waals surface area (Å²) >= 11 is 0. The average molecular weight is 543 g/mol. The van der Waals surface area contributed by atoms with Crippen molar-refractivity contribution in [2.75, 3.05) is 0 Å². The number of hydrogen-bond acceptors (Lipinski definition) is 2. The van der Waals surface area contributed by atoms with Gasteiger partial charge >= 0.3 is 59.2 Å². The van der Waals surface area contributed by atoms with E-state index < -0.39 is 13.4 Å². The summed E-state index contributed by atoms with van der Waals surface area (Å²) in [5.41, 5.74) is 3.87. The second kappa shape index (κ2) is 11.0. The van der Waals surface area contributed by atoms with Crippen LogP contribution in [0.4, 0.5) is 0 Å². The molecular formula is C30H48KO4P. The van der Waals surface area contributed by atoms with Gasteiger partial charge in [-0.3, -0.25) is 4.52 Å². The molecule has 0 radical (unpaired) electrons. The fraction of sp³-hybridized carbons (Fsp3) is 0.600. The average Bonchev–Trinajstić information content (AvgIpc) is 2.62. The van der Waals surface area contributed by atoms with E-state index in [4.69, 9.17) is 4.52 Å². The third-order valence-electron chi connectivity index (χ3n) is 6.72. The molecular weight excluding hydrogens is 494 g/mol. The van der Waals surface area contributed by atoms with Crippen LogP contribution < -0.4 is 0 Å². The molecule has 0 aliphatic heterocycles. The maximum atomic E-state index is 12.4. The van der Waals surface area contributed by atoms with Gasteiger partial charge in [-0.25, -0.2) is 4.57 Å². The molecule has 2 rings (SSSR count). The fourth-order valence-electron chi connectivity index (χ4n) is 4.58. The Labute approximate surface area is 262 Å². The van der Waals surface area contributed by atoms with Crippen LogP contribution in [-0.2, 0) is 36.3 Å². The van der Waals surface area contributed by atoms with E-state index in [9.17, 15) is 14.4 Å². The standard InChI is InChI=1S/C30H47O4P.K.H/c1-26(2,3)20-14-16-22(24(18-20)28(7,8)9)30(13,34-35(31,32)33)23-17-15-21(27(4,5)6)19-25(23)29(10,11)12;;/h14-19H,1-13H3,(H2,31,32,33);;. The van der Waals surface area contributed by atoms with Gasteiger partial charge in [0.2, 0.25) is 0 Å². The molecule has 0 amide bonds. The van der Waals surface area contributed by atoms with E-state index in [0.29, 0.717) is 0 Å². The second-order valence-electron chi connectivity index (χ2n) is 14.1. The maximum absolute atomic E-state index is 12.4. The van der Waals surface area contributed by atoms with Gasteiger partial charge in [-0.05, 0) is 62.0 Å². The normalized spacial score (nSPS) is 14.0. The van der Waals surface area contributed by atoms with Crippen LogP contribution in [0, 0.1) is 0 Å². The van der Waals surface area contributed by atoms with Crippen LogP contribution >= 0.6 is 7.82 Å². The van der Waals surface area contributed by atoms with Crippen LogP contribution in [0.5, 0.6) is 0 Å². The van der Waals surface area contributed by atoms with Gasteiger partial charge in [0.15, 0.2) is 0 Å². The van der Waals surface area contributed by atoms with Crippen LogP contribution in [0.1, 0.15) is 123 Å². The molecule has 2 N–H and O–H groups in total. The molecule has 0 aliphatic carbocycles. The molecule has 0 fully saturated rings. The van der Waals surface area contributed by atoms with Crippen molar-refractivity contribution in [1.29, 1.82) is 0 Å². The monoisotopic (exact) mass is 542 g/mol. The van der Waals surface area contributed by atoms with E-state index in [0.717, 1.165) is 22.3 Å². The summed E-state index contributed by atoms with van der Waals surface area (Å²) in [6, 6.07) is 12.5. The van der Waals surface area contributed by atoms with Crippen molar-refractivity contribution < 1.29 is 18.9 Å². The summed E-state index contributed by atoms with van der Waals surface area (Å²) in [5, 5.41) is 0. The fourth-order valence-corrected chi connectivity index (χ4v) is 5.25. The molecule has 4 nitrogen and oxygen atoms in total. The van der Waals surface area contributed by atoms with E-state index in [-0.39, 0.29) is 73.0 Å². The number of phosphoric acid groups is 1. The molecule has 0 atom stereocenters. The minimum atomic E-state index is -4.85. The zero-order valence-corrected chi connectivity index (χ0v) is 25.0. The Morgan fingerprint density at radius 3 is 1.08 bits per heavy atom. The molecule has 0 heterocycles. The molecule has 2 aromatic rings. The zero-order chi connectivity index (χ0) is 27.4. The summed E-state index contributed by atoms with van der Waals surface area (Å²) < 4.78 is 18.2. The topological polar surface area (TPSA) is 66.8 Å². The van der Waals surface area contributed by atoms with Gasteiger partial charge in [0.05, 0.1) is 0 Å². The van der Waals surface area contributed by atoms with Crippen LogP contribution in [0.25, 0.3) is 0 Å². The van der Waals surface area contributed by atoms with Gasteiger partial charge in [0.1, 0.15) is 5.60 Å². The van der Waals surface area contributed by atoms with E-state index in [2.05, 4.69) is 107 Å². The second-order valence-corrected chi connectivity index (χ2v) is 15.3. The third kappa shape index (κ3) is 8.10. The first-order valence-corrected chi connectivity index (χ1v) is 14.0. The van der Waals surface area contributed by atoms with E-state index >= 15 is 0 Å². The Balaban J connectivity index is 0.00000648. The van der Waals surface area contributed by atoms with E-state index in [1.165, 1.54) is 11.1 Å². The summed E-state index contributed by atoms with van der Waals surface area (Å²) in [6.45, 7) is 27.6. The Hall–Kier alpha value is 0.186. The molecule has 198 valence electrons. The Morgan fingerprint density at radius 1 is 0.556 bits per heavy atom. The molecule has 0 saturated heterocycles. The Morgan fingerprint density at radius 2 is 0.861 bits per heavy atom. The first kappa shape index (κ1) is 34.2. The van der Waals surface area contributed by atoms with Crippen molar-refractivity contribution in [1.82, 2.24) is 0 Å². The van der Waals surface area contributed by atoms with Crippen molar-refractivity contribution in [2.45, 2.75) is 117 Å².